The zero-order chi connectivity index (χ0) is 13.2. The third-order valence-electron chi connectivity index (χ3n) is 3.86. The molecule has 2 nitrogen and oxygen atoms in total. The Bertz CT molecular complexity index is 415. The van der Waals surface area contributed by atoms with E-state index in [0.717, 1.165) is 24.9 Å². The lowest BCUT2D eigenvalue weighted by molar-refractivity contribution is -0.0706. The highest BCUT2D eigenvalue weighted by Gasteiger charge is 2.36. The molecule has 0 aliphatic heterocycles. The van der Waals surface area contributed by atoms with Crippen molar-refractivity contribution < 1.29 is 9.13 Å². The first-order valence-electron chi connectivity index (χ1n) is 6.30. The van der Waals surface area contributed by atoms with Gasteiger partial charge in [-0.1, -0.05) is 17.7 Å². The minimum atomic E-state index is -0.302. The van der Waals surface area contributed by atoms with Crippen molar-refractivity contribution in [2.24, 2.45) is 0 Å². The first-order valence-corrected chi connectivity index (χ1v) is 6.68. The molecule has 1 saturated carbocycles. The Balaban J connectivity index is 1.97. The summed E-state index contributed by atoms with van der Waals surface area (Å²) in [5.41, 5.74) is 0.907. The molecule has 1 aliphatic carbocycles. The van der Waals surface area contributed by atoms with Gasteiger partial charge in [-0.3, -0.25) is 0 Å². The Morgan fingerprint density at radius 2 is 2.22 bits per heavy atom. The van der Waals surface area contributed by atoms with Crippen molar-refractivity contribution in [3.8, 4) is 0 Å². The molecule has 0 heterocycles. The number of benzene rings is 1. The first kappa shape index (κ1) is 13.8. The van der Waals surface area contributed by atoms with E-state index in [1.54, 1.807) is 13.2 Å². The number of hydrogen-bond donors (Lipinski definition) is 1. The van der Waals surface area contributed by atoms with E-state index in [0.29, 0.717) is 5.02 Å². The molecule has 0 amide bonds. The normalized spacial score (nSPS) is 19.3. The predicted molar refractivity (Wildman–Crippen MR) is 71.4 cm³/mol. The summed E-state index contributed by atoms with van der Waals surface area (Å²) in [7, 11) is 1.76. The SMILES string of the molecule is COC1(CNC(C)c2ccc(F)cc2Cl)CCC1. The number of ether oxygens (including phenoxy) is 1. The average Bonchev–Trinajstić information content (AvgIpc) is 2.27. The van der Waals surface area contributed by atoms with Gasteiger partial charge < -0.3 is 10.1 Å². The van der Waals surface area contributed by atoms with Gasteiger partial charge in [0.25, 0.3) is 0 Å². The lowest BCUT2D eigenvalue weighted by Crippen LogP contribution is -2.48. The van der Waals surface area contributed by atoms with Gasteiger partial charge in [-0.05, 0) is 43.9 Å². The minimum absolute atomic E-state index is 0.0131. The lowest BCUT2D eigenvalue weighted by atomic mass is 9.80. The molecule has 1 unspecified atom stereocenters. The summed E-state index contributed by atoms with van der Waals surface area (Å²) in [6.45, 7) is 2.83. The molecule has 0 bridgehead atoms. The lowest BCUT2D eigenvalue weighted by Gasteiger charge is -2.41. The van der Waals surface area contributed by atoms with E-state index in [-0.39, 0.29) is 17.5 Å². The second kappa shape index (κ2) is 5.55. The maximum absolute atomic E-state index is 13.0. The van der Waals surface area contributed by atoms with Crippen LogP contribution in [0.4, 0.5) is 4.39 Å². The summed E-state index contributed by atoms with van der Waals surface area (Å²) in [4.78, 5) is 0. The van der Waals surface area contributed by atoms with Crippen LogP contribution in [0.15, 0.2) is 18.2 Å². The summed E-state index contributed by atoms with van der Waals surface area (Å²) >= 11 is 6.04. The van der Waals surface area contributed by atoms with Crippen LogP contribution in [0, 0.1) is 5.82 Å². The van der Waals surface area contributed by atoms with Crippen LogP contribution in [-0.2, 0) is 4.74 Å². The quantitative estimate of drug-likeness (QED) is 0.882. The molecular formula is C14H19ClFNO. The van der Waals surface area contributed by atoms with Crippen LogP contribution >= 0.6 is 11.6 Å². The second-order valence-electron chi connectivity index (χ2n) is 5.01. The fourth-order valence-corrected chi connectivity index (χ4v) is 2.66. The first-order chi connectivity index (χ1) is 8.56. The van der Waals surface area contributed by atoms with E-state index in [9.17, 15) is 4.39 Å². The minimum Gasteiger partial charge on any atom is -0.377 e. The molecule has 4 heteroatoms. The van der Waals surface area contributed by atoms with Crippen LogP contribution in [0.5, 0.6) is 0 Å². The van der Waals surface area contributed by atoms with Crippen molar-refractivity contribution in [3.63, 3.8) is 0 Å². The highest BCUT2D eigenvalue weighted by Crippen LogP contribution is 2.35. The molecule has 100 valence electrons. The maximum atomic E-state index is 13.0. The van der Waals surface area contributed by atoms with Gasteiger partial charge in [-0.2, -0.15) is 0 Å². The van der Waals surface area contributed by atoms with Crippen LogP contribution in [0.25, 0.3) is 0 Å². The summed E-state index contributed by atoms with van der Waals surface area (Å²) < 4.78 is 18.5. The Kier molecular flexibility index (Phi) is 4.25. The molecular weight excluding hydrogens is 253 g/mol. The van der Waals surface area contributed by atoms with Gasteiger partial charge in [0.2, 0.25) is 0 Å². The van der Waals surface area contributed by atoms with E-state index in [4.69, 9.17) is 16.3 Å². The molecule has 1 aromatic rings. The molecule has 0 radical (unpaired) electrons. The van der Waals surface area contributed by atoms with E-state index in [1.807, 2.05) is 6.92 Å². The number of methoxy groups -OCH3 is 1. The van der Waals surface area contributed by atoms with Crippen LogP contribution in [0.1, 0.15) is 37.8 Å². The predicted octanol–water partition coefficient (Wildman–Crippen LogP) is 3.70. The molecule has 1 aliphatic rings. The van der Waals surface area contributed by atoms with Crippen molar-refractivity contribution >= 4 is 11.6 Å². The Hall–Kier alpha value is -0.640. The third kappa shape index (κ3) is 2.85. The van der Waals surface area contributed by atoms with Crippen LogP contribution in [0.3, 0.4) is 0 Å². The molecule has 0 saturated heterocycles. The van der Waals surface area contributed by atoms with Crippen LogP contribution in [0.2, 0.25) is 5.02 Å². The fourth-order valence-electron chi connectivity index (χ4n) is 2.33. The van der Waals surface area contributed by atoms with Crippen molar-refractivity contribution in [3.05, 3.63) is 34.6 Å². The van der Waals surface area contributed by atoms with Gasteiger partial charge >= 0.3 is 0 Å². The number of nitrogens with one attached hydrogen (secondary N) is 1. The van der Waals surface area contributed by atoms with Gasteiger partial charge in [0, 0.05) is 24.7 Å². The van der Waals surface area contributed by atoms with Crippen LogP contribution in [-0.4, -0.2) is 19.3 Å². The average molecular weight is 272 g/mol. The molecule has 1 aromatic carbocycles. The summed E-state index contributed by atoms with van der Waals surface area (Å²) in [5, 5.41) is 3.89. The molecule has 1 N–H and O–H groups in total. The van der Waals surface area contributed by atoms with Gasteiger partial charge in [0.1, 0.15) is 5.82 Å². The van der Waals surface area contributed by atoms with Gasteiger partial charge in [0.05, 0.1) is 5.60 Å². The zero-order valence-electron chi connectivity index (χ0n) is 10.8. The van der Waals surface area contributed by atoms with E-state index >= 15 is 0 Å². The standard InChI is InChI=1S/C14H19ClFNO/c1-10(12-5-4-11(16)8-13(12)15)17-9-14(18-2)6-3-7-14/h4-5,8,10,17H,3,6-7,9H2,1-2H3. The molecule has 2 rings (SSSR count). The molecule has 0 aromatic heterocycles. The van der Waals surface area contributed by atoms with E-state index in [1.165, 1.54) is 18.6 Å². The van der Waals surface area contributed by atoms with Crippen molar-refractivity contribution in [2.75, 3.05) is 13.7 Å². The highest BCUT2D eigenvalue weighted by atomic mass is 35.5. The second-order valence-corrected chi connectivity index (χ2v) is 5.42. The third-order valence-corrected chi connectivity index (χ3v) is 4.18. The summed E-state index contributed by atoms with van der Waals surface area (Å²) in [6.07, 6.45) is 3.42. The van der Waals surface area contributed by atoms with Crippen molar-refractivity contribution in [1.29, 1.82) is 0 Å². The van der Waals surface area contributed by atoms with Gasteiger partial charge in [-0.25, -0.2) is 4.39 Å². The smallest absolute Gasteiger partial charge is 0.124 e. The van der Waals surface area contributed by atoms with Gasteiger partial charge in [-0.15, -0.1) is 0 Å². The van der Waals surface area contributed by atoms with Crippen LogP contribution < -0.4 is 5.32 Å². The topological polar surface area (TPSA) is 21.3 Å². The number of halogens is 2. The number of rotatable bonds is 5. The fraction of sp³-hybridized carbons (Fsp3) is 0.571. The summed E-state index contributed by atoms with van der Waals surface area (Å²) in [6, 6.07) is 4.61. The van der Waals surface area contributed by atoms with E-state index in [2.05, 4.69) is 5.32 Å². The van der Waals surface area contributed by atoms with Crippen molar-refractivity contribution in [1.82, 2.24) is 5.32 Å². The number of hydrogen-bond acceptors (Lipinski definition) is 2. The largest absolute Gasteiger partial charge is 0.377 e. The molecule has 0 spiro atoms. The Morgan fingerprint density at radius 1 is 1.50 bits per heavy atom. The van der Waals surface area contributed by atoms with Gasteiger partial charge in [0.15, 0.2) is 0 Å². The molecule has 18 heavy (non-hydrogen) atoms. The highest BCUT2D eigenvalue weighted by molar-refractivity contribution is 6.31. The molecule has 1 fully saturated rings. The van der Waals surface area contributed by atoms with E-state index < -0.39 is 0 Å². The summed E-state index contributed by atoms with van der Waals surface area (Å²) in [5.74, 6) is -0.302. The maximum Gasteiger partial charge on any atom is 0.124 e. The molecule has 1 atom stereocenters. The Morgan fingerprint density at radius 3 is 2.72 bits per heavy atom. The monoisotopic (exact) mass is 271 g/mol. The zero-order valence-corrected chi connectivity index (χ0v) is 11.6. The Labute approximate surface area is 112 Å². The van der Waals surface area contributed by atoms with Crippen molar-refractivity contribution in [2.45, 2.75) is 37.8 Å².